The summed E-state index contributed by atoms with van der Waals surface area (Å²) in [5, 5.41) is 5.23. The largest absolute Gasteiger partial charge is 0.496 e. The molecule has 2 N–H and O–H groups in total. The summed E-state index contributed by atoms with van der Waals surface area (Å²) >= 11 is 0. The van der Waals surface area contributed by atoms with Crippen molar-refractivity contribution in [2.24, 2.45) is 5.41 Å². The standard InChI is InChI=1S/C22H33N3O4S/c1-25(2)30(27,28)21(24-20(26)18-11-7-8-12-19(18)29-3)22(13-15-23-16-14-22)17-9-5-4-6-10-17/h7-9,11-12,21,23H,4-6,10,13-16H2,1-3H3,(H,24,26). The average molecular weight is 436 g/mol. The number of ether oxygens (including phenoxy) is 1. The number of nitrogens with zero attached hydrogens (tertiary/aromatic N) is 1. The fraction of sp³-hybridized carbons (Fsp3) is 0.591. The van der Waals surface area contributed by atoms with Crippen molar-refractivity contribution < 1.29 is 17.9 Å². The molecule has 1 aliphatic carbocycles. The van der Waals surface area contributed by atoms with Crippen LogP contribution in [0.5, 0.6) is 5.75 Å². The van der Waals surface area contributed by atoms with Crippen molar-refractivity contribution in [1.29, 1.82) is 0 Å². The Morgan fingerprint density at radius 3 is 2.50 bits per heavy atom. The van der Waals surface area contributed by atoms with E-state index in [1.165, 1.54) is 31.1 Å². The Kier molecular flexibility index (Phi) is 7.21. The number of allylic oxidation sites excluding steroid dienone is 1. The van der Waals surface area contributed by atoms with Gasteiger partial charge >= 0.3 is 0 Å². The highest BCUT2D eigenvalue weighted by Crippen LogP contribution is 2.46. The van der Waals surface area contributed by atoms with Crippen LogP contribution in [0.1, 0.15) is 48.9 Å². The molecule has 1 fully saturated rings. The van der Waals surface area contributed by atoms with Gasteiger partial charge in [-0.1, -0.05) is 23.8 Å². The van der Waals surface area contributed by atoms with Crippen LogP contribution in [0.2, 0.25) is 0 Å². The number of hydrogen-bond acceptors (Lipinski definition) is 5. The third-order valence-electron chi connectivity index (χ3n) is 6.35. The van der Waals surface area contributed by atoms with E-state index in [1.54, 1.807) is 24.3 Å². The number of nitrogens with one attached hydrogen (secondary N) is 2. The second-order valence-corrected chi connectivity index (χ2v) is 10.5. The van der Waals surface area contributed by atoms with Gasteiger partial charge in [-0.2, -0.15) is 0 Å². The summed E-state index contributed by atoms with van der Waals surface area (Å²) in [5.74, 6) is -0.00978. The van der Waals surface area contributed by atoms with E-state index in [0.717, 1.165) is 38.8 Å². The fourth-order valence-electron chi connectivity index (χ4n) is 4.65. The molecule has 0 spiro atoms. The van der Waals surface area contributed by atoms with E-state index in [-0.39, 0.29) is 0 Å². The monoisotopic (exact) mass is 435 g/mol. The normalized spacial score (nSPS) is 20.3. The lowest BCUT2D eigenvalue weighted by Crippen LogP contribution is -2.59. The third-order valence-corrected chi connectivity index (χ3v) is 8.53. The van der Waals surface area contributed by atoms with Crippen LogP contribution < -0.4 is 15.4 Å². The summed E-state index contributed by atoms with van der Waals surface area (Å²) in [6.45, 7) is 1.45. The summed E-state index contributed by atoms with van der Waals surface area (Å²) < 4.78 is 33.6. The van der Waals surface area contributed by atoms with Crippen LogP contribution in [0.15, 0.2) is 35.9 Å². The lowest BCUT2D eigenvalue weighted by molar-refractivity contribution is 0.0904. The first kappa shape index (κ1) is 22.8. The molecule has 8 heteroatoms. The van der Waals surface area contributed by atoms with Gasteiger partial charge in [0.25, 0.3) is 5.91 Å². The molecule has 2 aliphatic rings. The highest BCUT2D eigenvalue weighted by Gasteiger charge is 2.50. The Hall–Kier alpha value is -1.90. The van der Waals surface area contributed by atoms with Crippen LogP contribution in [0, 0.1) is 5.41 Å². The van der Waals surface area contributed by atoms with Gasteiger partial charge in [-0.15, -0.1) is 0 Å². The summed E-state index contributed by atoms with van der Waals surface area (Å²) in [6.07, 6.45) is 7.56. The van der Waals surface area contributed by atoms with Crippen LogP contribution in [-0.4, -0.2) is 58.3 Å². The number of rotatable bonds is 7. The molecule has 0 bridgehead atoms. The second kappa shape index (κ2) is 9.49. The summed E-state index contributed by atoms with van der Waals surface area (Å²) in [4.78, 5) is 13.3. The molecule has 0 aromatic heterocycles. The summed E-state index contributed by atoms with van der Waals surface area (Å²) in [5.41, 5.74) is 0.888. The summed E-state index contributed by atoms with van der Waals surface area (Å²) in [7, 11) is 0.783. The molecule has 1 heterocycles. The predicted molar refractivity (Wildman–Crippen MR) is 118 cm³/mol. The Balaban J connectivity index is 2.07. The topological polar surface area (TPSA) is 87.7 Å². The maximum atomic E-state index is 13.5. The maximum Gasteiger partial charge on any atom is 0.256 e. The van der Waals surface area contributed by atoms with Crippen molar-refractivity contribution >= 4 is 15.9 Å². The molecule has 1 amide bonds. The number of carbonyl (C=O) groups is 1. The number of methoxy groups -OCH3 is 1. The lowest BCUT2D eigenvalue weighted by Gasteiger charge is -2.46. The molecule has 1 saturated heterocycles. The molecule has 1 unspecified atom stereocenters. The van der Waals surface area contributed by atoms with Gasteiger partial charge < -0.3 is 15.4 Å². The third kappa shape index (κ3) is 4.40. The number of amides is 1. The second-order valence-electron chi connectivity index (χ2n) is 8.26. The van der Waals surface area contributed by atoms with Gasteiger partial charge in [0.1, 0.15) is 5.75 Å². The first-order valence-electron chi connectivity index (χ1n) is 10.6. The van der Waals surface area contributed by atoms with Gasteiger partial charge in [-0.3, -0.25) is 4.79 Å². The SMILES string of the molecule is COc1ccccc1C(=O)NC(C1(C2=CCCCC2)CCNCC1)S(=O)(=O)N(C)C. The number of hydrogen-bond donors (Lipinski definition) is 2. The molecule has 0 radical (unpaired) electrons. The van der Waals surface area contributed by atoms with Crippen molar-refractivity contribution in [3.05, 3.63) is 41.5 Å². The van der Waals surface area contributed by atoms with Crippen LogP contribution in [0.4, 0.5) is 0 Å². The van der Waals surface area contributed by atoms with E-state index in [4.69, 9.17) is 4.74 Å². The van der Waals surface area contributed by atoms with Crippen LogP contribution in [0.3, 0.4) is 0 Å². The Morgan fingerprint density at radius 1 is 1.20 bits per heavy atom. The fourth-order valence-corrected chi connectivity index (χ4v) is 6.29. The molecule has 1 aliphatic heterocycles. The molecular formula is C22H33N3O4S. The molecule has 3 rings (SSSR count). The van der Waals surface area contributed by atoms with Gasteiger partial charge in [0.15, 0.2) is 5.37 Å². The van der Waals surface area contributed by atoms with Crippen LogP contribution in [-0.2, 0) is 10.0 Å². The zero-order valence-corrected chi connectivity index (χ0v) is 18.9. The smallest absolute Gasteiger partial charge is 0.256 e. The minimum atomic E-state index is -3.78. The number of para-hydroxylation sites is 1. The zero-order valence-electron chi connectivity index (χ0n) is 18.1. The molecule has 166 valence electrons. The lowest BCUT2D eigenvalue weighted by atomic mass is 9.69. The quantitative estimate of drug-likeness (QED) is 0.643. The van der Waals surface area contributed by atoms with Crippen molar-refractivity contribution in [3.63, 3.8) is 0 Å². The molecule has 7 nitrogen and oxygen atoms in total. The van der Waals surface area contributed by atoms with E-state index >= 15 is 0 Å². The molecule has 1 aromatic carbocycles. The molecule has 30 heavy (non-hydrogen) atoms. The first-order valence-corrected chi connectivity index (χ1v) is 12.1. The van der Waals surface area contributed by atoms with Crippen LogP contribution >= 0.6 is 0 Å². The molecule has 0 saturated carbocycles. The molecular weight excluding hydrogens is 402 g/mol. The number of carbonyl (C=O) groups excluding carboxylic acids is 1. The minimum Gasteiger partial charge on any atom is -0.496 e. The Labute approximate surface area is 179 Å². The van der Waals surface area contributed by atoms with Gasteiger partial charge in [0.2, 0.25) is 10.0 Å². The maximum absolute atomic E-state index is 13.5. The Morgan fingerprint density at radius 2 is 1.90 bits per heavy atom. The minimum absolute atomic E-state index is 0.334. The van der Waals surface area contributed by atoms with E-state index in [2.05, 4.69) is 16.7 Å². The number of sulfonamides is 1. The van der Waals surface area contributed by atoms with Gasteiger partial charge in [-0.05, 0) is 63.7 Å². The average Bonchev–Trinajstić information content (AvgIpc) is 2.78. The summed E-state index contributed by atoms with van der Waals surface area (Å²) in [6, 6.07) is 6.89. The molecule has 1 aromatic rings. The van der Waals surface area contributed by atoms with Gasteiger partial charge in [-0.25, -0.2) is 12.7 Å². The number of piperidine rings is 1. The van der Waals surface area contributed by atoms with E-state index in [0.29, 0.717) is 24.2 Å². The van der Waals surface area contributed by atoms with Gasteiger partial charge in [0, 0.05) is 19.5 Å². The highest BCUT2D eigenvalue weighted by atomic mass is 32.2. The van der Waals surface area contributed by atoms with Gasteiger partial charge in [0.05, 0.1) is 12.7 Å². The van der Waals surface area contributed by atoms with E-state index in [9.17, 15) is 13.2 Å². The van der Waals surface area contributed by atoms with Crippen molar-refractivity contribution in [3.8, 4) is 5.75 Å². The highest BCUT2D eigenvalue weighted by molar-refractivity contribution is 7.89. The van der Waals surface area contributed by atoms with E-state index in [1.807, 2.05) is 0 Å². The van der Waals surface area contributed by atoms with Crippen molar-refractivity contribution in [2.45, 2.75) is 43.9 Å². The van der Waals surface area contributed by atoms with Crippen molar-refractivity contribution in [1.82, 2.24) is 14.9 Å². The van der Waals surface area contributed by atoms with Crippen LogP contribution in [0.25, 0.3) is 0 Å². The first-order chi connectivity index (χ1) is 14.3. The molecule has 1 atom stereocenters. The number of benzene rings is 1. The Bertz CT molecular complexity index is 889. The van der Waals surface area contributed by atoms with E-state index < -0.39 is 26.7 Å². The zero-order chi connectivity index (χ0) is 21.8. The van der Waals surface area contributed by atoms with Crippen molar-refractivity contribution in [2.75, 3.05) is 34.3 Å². The predicted octanol–water partition coefficient (Wildman–Crippen LogP) is 2.51.